The van der Waals surface area contributed by atoms with Crippen LogP contribution in [0, 0.1) is 0 Å². The van der Waals surface area contributed by atoms with Gasteiger partial charge in [-0.1, -0.05) is 109 Å². The number of nitrogens with one attached hydrogen (secondary N) is 1. The van der Waals surface area contributed by atoms with Crippen molar-refractivity contribution in [3.63, 3.8) is 0 Å². The lowest BCUT2D eigenvalue weighted by molar-refractivity contribution is -0.0481. The molecule has 1 saturated heterocycles. The molecule has 33 heavy (non-hydrogen) atoms. The normalized spacial score (nSPS) is 18.8. The van der Waals surface area contributed by atoms with E-state index in [0.717, 1.165) is 32.7 Å². The number of hydrogen-bond donors (Lipinski definition) is 1. The summed E-state index contributed by atoms with van der Waals surface area (Å²) in [5, 5.41) is 3.44. The van der Waals surface area contributed by atoms with Crippen molar-refractivity contribution < 1.29 is 9.47 Å². The molecule has 0 aromatic heterocycles. The molecule has 0 radical (unpaired) electrons. The number of rotatable bonds is 24. The second-order valence-corrected chi connectivity index (χ2v) is 9.83. The van der Waals surface area contributed by atoms with Crippen LogP contribution in [-0.2, 0) is 9.47 Å². The predicted octanol–water partition coefficient (Wildman–Crippen LogP) is 8.53. The van der Waals surface area contributed by atoms with E-state index < -0.39 is 0 Å². The lowest BCUT2D eigenvalue weighted by Crippen LogP contribution is -2.30. The van der Waals surface area contributed by atoms with Crippen LogP contribution in [0.2, 0.25) is 0 Å². The van der Waals surface area contributed by atoms with Gasteiger partial charge in [-0.2, -0.15) is 0 Å². The SMILES string of the molecule is CCCCC/C=C\C/C=C\CCCCCCCCOC1CNC[C@H]1OCCCCCCCC. The van der Waals surface area contributed by atoms with Crippen molar-refractivity contribution in [2.45, 2.75) is 142 Å². The molecule has 0 saturated carbocycles. The number of unbranched alkanes of at least 4 members (excludes halogenated alkanes) is 14. The second kappa shape index (κ2) is 24.5. The minimum Gasteiger partial charge on any atom is -0.374 e. The average molecular weight is 464 g/mol. The maximum Gasteiger partial charge on any atom is 0.0973 e. The van der Waals surface area contributed by atoms with Gasteiger partial charge in [-0.15, -0.1) is 0 Å². The Labute approximate surface area is 207 Å². The topological polar surface area (TPSA) is 30.5 Å². The molecule has 1 unspecified atom stereocenters. The fraction of sp³-hybridized carbons (Fsp3) is 0.867. The van der Waals surface area contributed by atoms with Gasteiger partial charge in [0.15, 0.2) is 0 Å². The molecule has 0 bridgehead atoms. The monoisotopic (exact) mass is 463 g/mol. The van der Waals surface area contributed by atoms with Crippen LogP contribution in [0.25, 0.3) is 0 Å². The molecule has 0 aromatic carbocycles. The van der Waals surface area contributed by atoms with Gasteiger partial charge in [-0.25, -0.2) is 0 Å². The van der Waals surface area contributed by atoms with Crippen molar-refractivity contribution in [2.24, 2.45) is 0 Å². The Morgan fingerprint density at radius 2 is 0.970 bits per heavy atom. The third kappa shape index (κ3) is 19.4. The van der Waals surface area contributed by atoms with Crippen LogP contribution in [0.1, 0.15) is 129 Å². The molecule has 0 aromatic rings. The Morgan fingerprint density at radius 3 is 1.52 bits per heavy atom. The van der Waals surface area contributed by atoms with E-state index in [-0.39, 0.29) is 12.2 Å². The quantitative estimate of drug-likeness (QED) is 0.115. The van der Waals surface area contributed by atoms with Gasteiger partial charge in [0.1, 0.15) is 0 Å². The van der Waals surface area contributed by atoms with Gasteiger partial charge in [0.25, 0.3) is 0 Å². The van der Waals surface area contributed by atoms with Gasteiger partial charge < -0.3 is 14.8 Å². The van der Waals surface area contributed by atoms with E-state index in [2.05, 4.69) is 43.5 Å². The first-order chi connectivity index (χ1) is 16.4. The van der Waals surface area contributed by atoms with E-state index in [4.69, 9.17) is 9.47 Å². The highest BCUT2D eigenvalue weighted by Crippen LogP contribution is 2.13. The number of allylic oxidation sites excluding steroid dienone is 4. The molecule has 194 valence electrons. The molecule has 1 N–H and O–H groups in total. The Kier molecular flexibility index (Phi) is 22.5. The van der Waals surface area contributed by atoms with Crippen molar-refractivity contribution >= 4 is 0 Å². The molecule has 1 aliphatic heterocycles. The van der Waals surface area contributed by atoms with E-state index >= 15 is 0 Å². The zero-order valence-electron chi connectivity index (χ0n) is 22.3. The maximum atomic E-state index is 6.14. The highest BCUT2D eigenvalue weighted by Gasteiger charge is 2.28. The van der Waals surface area contributed by atoms with Crippen LogP contribution >= 0.6 is 0 Å². The zero-order valence-corrected chi connectivity index (χ0v) is 22.3. The summed E-state index contributed by atoms with van der Waals surface area (Å²) in [5.41, 5.74) is 0. The van der Waals surface area contributed by atoms with Crippen LogP contribution in [-0.4, -0.2) is 38.5 Å². The van der Waals surface area contributed by atoms with Crippen molar-refractivity contribution in [2.75, 3.05) is 26.3 Å². The summed E-state index contributed by atoms with van der Waals surface area (Å²) in [4.78, 5) is 0. The van der Waals surface area contributed by atoms with Crippen LogP contribution in [0.15, 0.2) is 24.3 Å². The summed E-state index contributed by atoms with van der Waals surface area (Å²) < 4.78 is 12.3. The smallest absolute Gasteiger partial charge is 0.0973 e. The standard InChI is InChI=1S/C30H57NO2/c1-3-5-7-9-11-12-13-14-15-16-17-18-19-20-22-24-26-33-30-28-31-27-29(30)32-25-23-21-10-8-6-4-2/h11-12,14-15,29-31H,3-10,13,16-28H2,1-2H3/b12-11-,15-14-/t29-,30?/m1/s1. The fourth-order valence-corrected chi connectivity index (χ4v) is 4.41. The molecule has 1 aliphatic rings. The molecule has 1 fully saturated rings. The van der Waals surface area contributed by atoms with Crippen LogP contribution in [0.3, 0.4) is 0 Å². The third-order valence-electron chi connectivity index (χ3n) is 6.61. The largest absolute Gasteiger partial charge is 0.374 e. The molecular weight excluding hydrogens is 406 g/mol. The van der Waals surface area contributed by atoms with E-state index in [1.165, 1.54) is 109 Å². The molecule has 3 nitrogen and oxygen atoms in total. The van der Waals surface area contributed by atoms with Crippen molar-refractivity contribution in [3.05, 3.63) is 24.3 Å². The molecule has 0 aliphatic carbocycles. The number of ether oxygens (including phenoxy) is 2. The molecule has 2 atom stereocenters. The van der Waals surface area contributed by atoms with Crippen LogP contribution in [0.4, 0.5) is 0 Å². The minimum atomic E-state index is 0.253. The van der Waals surface area contributed by atoms with Crippen molar-refractivity contribution in [3.8, 4) is 0 Å². The first-order valence-electron chi connectivity index (χ1n) is 14.6. The van der Waals surface area contributed by atoms with Crippen molar-refractivity contribution in [1.29, 1.82) is 0 Å². The summed E-state index contributed by atoms with van der Waals surface area (Å²) in [6.07, 6.45) is 33.3. The molecule has 0 amide bonds. The second-order valence-electron chi connectivity index (χ2n) is 9.83. The molecule has 0 spiro atoms. The Balaban J connectivity index is 1.85. The van der Waals surface area contributed by atoms with Crippen LogP contribution < -0.4 is 5.32 Å². The van der Waals surface area contributed by atoms with Gasteiger partial charge in [-0.05, 0) is 44.9 Å². The average Bonchev–Trinajstić information content (AvgIpc) is 3.27. The van der Waals surface area contributed by atoms with Crippen LogP contribution in [0.5, 0.6) is 0 Å². The first kappa shape index (κ1) is 30.4. The first-order valence-corrected chi connectivity index (χ1v) is 14.6. The Hall–Kier alpha value is -0.640. The summed E-state index contributed by atoms with van der Waals surface area (Å²) >= 11 is 0. The highest BCUT2D eigenvalue weighted by atomic mass is 16.5. The lowest BCUT2D eigenvalue weighted by Gasteiger charge is -2.20. The van der Waals surface area contributed by atoms with Gasteiger partial charge >= 0.3 is 0 Å². The van der Waals surface area contributed by atoms with Gasteiger partial charge in [-0.3, -0.25) is 0 Å². The van der Waals surface area contributed by atoms with Gasteiger partial charge in [0, 0.05) is 26.3 Å². The summed E-state index contributed by atoms with van der Waals surface area (Å²) in [7, 11) is 0. The van der Waals surface area contributed by atoms with Gasteiger partial charge in [0.2, 0.25) is 0 Å². The zero-order chi connectivity index (χ0) is 23.7. The fourth-order valence-electron chi connectivity index (χ4n) is 4.41. The highest BCUT2D eigenvalue weighted by molar-refractivity contribution is 4.92. The van der Waals surface area contributed by atoms with Crippen molar-refractivity contribution in [1.82, 2.24) is 5.32 Å². The maximum absolute atomic E-state index is 6.14. The minimum absolute atomic E-state index is 0.253. The van der Waals surface area contributed by atoms with E-state index in [1.54, 1.807) is 0 Å². The molecular formula is C30H57NO2. The third-order valence-corrected chi connectivity index (χ3v) is 6.61. The lowest BCUT2D eigenvalue weighted by atomic mass is 10.1. The van der Waals surface area contributed by atoms with Gasteiger partial charge in [0.05, 0.1) is 12.2 Å². The molecule has 3 heteroatoms. The van der Waals surface area contributed by atoms with E-state index in [0.29, 0.717) is 0 Å². The summed E-state index contributed by atoms with van der Waals surface area (Å²) in [6.45, 7) is 8.21. The van der Waals surface area contributed by atoms with E-state index in [9.17, 15) is 0 Å². The molecule has 1 heterocycles. The predicted molar refractivity (Wildman–Crippen MR) is 145 cm³/mol. The summed E-state index contributed by atoms with van der Waals surface area (Å²) in [6, 6.07) is 0. The Bertz CT molecular complexity index is 449. The van der Waals surface area contributed by atoms with E-state index in [1.807, 2.05) is 0 Å². The molecule has 1 rings (SSSR count). The Morgan fingerprint density at radius 1 is 0.545 bits per heavy atom. The summed E-state index contributed by atoms with van der Waals surface area (Å²) in [5.74, 6) is 0. The number of hydrogen-bond acceptors (Lipinski definition) is 3.